The summed E-state index contributed by atoms with van der Waals surface area (Å²) < 4.78 is 0. The molecular weight excluding hydrogens is 609 g/mol. The maximum Gasteiger partial charge on any atom is 2.00 e. The predicted molar refractivity (Wildman–Crippen MR) is 139 cm³/mol. The fraction of sp³-hybridized carbons (Fsp3) is 0.583. The Morgan fingerprint density at radius 1 is 0.786 bits per heavy atom. The van der Waals surface area contributed by atoms with Crippen molar-refractivity contribution in [3.05, 3.63) is 29.8 Å². The molecule has 0 saturated heterocycles. The molecule has 1 rings (SSSR count). The van der Waals surface area contributed by atoms with Crippen LogP contribution in [0.4, 0.5) is 0 Å². The average Bonchev–Trinajstić information content (AvgIpc) is 2.88. The van der Waals surface area contributed by atoms with E-state index in [0.717, 1.165) is 9.80 Å². The van der Waals surface area contributed by atoms with Gasteiger partial charge < -0.3 is 56.4 Å². The number of benzene rings is 1. The predicted octanol–water partition coefficient (Wildman–Crippen LogP) is -4.12. The molecule has 0 spiro atoms. The molecule has 0 aliphatic carbocycles. The second-order valence-corrected chi connectivity index (χ2v) is 8.94. The van der Waals surface area contributed by atoms with E-state index in [2.05, 4.69) is 5.32 Å². The number of nitrogens with one attached hydrogen (secondary N) is 1. The van der Waals surface area contributed by atoms with Gasteiger partial charge in [0.1, 0.15) is 30.1 Å². The number of rotatable bonds is 19. The summed E-state index contributed by atoms with van der Waals surface area (Å²) in [6, 6.07) is 4.52. The quantitative estimate of drug-likeness (QED) is 0.0635. The van der Waals surface area contributed by atoms with Crippen molar-refractivity contribution in [2.24, 2.45) is 0 Å². The first kappa shape index (κ1) is 41.2. The molecule has 11 N–H and O–H groups in total. The Balaban J connectivity index is 0. The molecule has 18 heteroatoms. The topological polar surface area (TPSA) is 289 Å². The molecule has 0 fully saturated rings. The summed E-state index contributed by atoms with van der Waals surface area (Å²) in [5.41, 5.74) is 0.550. The molecular formula is C24H39MnN3O14+2. The molecule has 42 heavy (non-hydrogen) atoms. The van der Waals surface area contributed by atoms with E-state index >= 15 is 0 Å². The molecule has 0 saturated carbocycles. The number of nitrogens with zero attached hydrogens (tertiary/aromatic N) is 2. The van der Waals surface area contributed by atoms with Crippen molar-refractivity contribution in [1.82, 2.24) is 15.1 Å². The largest absolute Gasteiger partial charge is 2.00 e. The first-order valence-corrected chi connectivity index (χ1v) is 12.2. The number of aliphatic hydroxyl groups is 5. The maximum atomic E-state index is 11.7. The summed E-state index contributed by atoms with van der Waals surface area (Å²) in [6.07, 6.45) is -5.70. The molecule has 1 unspecified atom stereocenters. The summed E-state index contributed by atoms with van der Waals surface area (Å²) in [5.74, 6) is -5.08. The van der Waals surface area contributed by atoms with Crippen molar-refractivity contribution < 1.29 is 87.3 Å². The number of carboxylic acids is 4. The minimum atomic E-state index is -1.55. The van der Waals surface area contributed by atoms with Crippen LogP contribution in [0.2, 0.25) is 0 Å². The fourth-order valence-electron chi connectivity index (χ4n) is 3.51. The zero-order chi connectivity index (χ0) is 31.7. The van der Waals surface area contributed by atoms with E-state index in [-0.39, 0.29) is 48.9 Å². The molecule has 1 aromatic carbocycles. The Labute approximate surface area is 251 Å². The average molecular weight is 649 g/mol. The van der Waals surface area contributed by atoms with Gasteiger partial charge in [-0.2, -0.15) is 0 Å². The SMILES string of the molecule is CNC[C@H](O)[C@@H](O)[C@H](O)[C@H](O)CO.O=C(O)CN(CCN(CC(=O)O)C(Cc1ccc(O)cc1)C(=O)O)CC(=O)O.[Mn+2]. The first-order valence-electron chi connectivity index (χ1n) is 12.2. The van der Waals surface area contributed by atoms with Gasteiger partial charge >= 0.3 is 40.9 Å². The van der Waals surface area contributed by atoms with Gasteiger partial charge in [0.25, 0.3) is 0 Å². The van der Waals surface area contributed by atoms with Gasteiger partial charge in [0, 0.05) is 19.6 Å². The molecule has 0 aliphatic rings. The third kappa shape index (κ3) is 17.1. The zero-order valence-electron chi connectivity index (χ0n) is 22.7. The Morgan fingerprint density at radius 3 is 1.67 bits per heavy atom. The molecule has 1 radical (unpaired) electrons. The van der Waals surface area contributed by atoms with Gasteiger partial charge in [0.2, 0.25) is 0 Å². The number of carbonyl (C=O) groups is 4. The van der Waals surface area contributed by atoms with Crippen LogP contribution in [0.3, 0.4) is 0 Å². The number of phenols is 1. The van der Waals surface area contributed by atoms with Crippen LogP contribution in [0, 0.1) is 0 Å². The van der Waals surface area contributed by atoms with Gasteiger partial charge in [0.05, 0.1) is 32.3 Å². The van der Waals surface area contributed by atoms with E-state index in [1.807, 2.05) is 0 Å². The number of carboxylic acid groups (broad SMARTS) is 4. The van der Waals surface area contributed by atoms with Crippen LogP contribution in [0.25, 0.3) is 0 Å². The van der Waals surface area contributed by atoms with Gasteiger partial charge in [0.15, 0.2) is 0 Å². The Morgan fingerprint density at radius 2 is 1.26 bits per heavy atom. The molecule has 239 valence electrons. The maximum absolute atomic E-state index is 11.7. The van der Waals surface area contributed by atoms with E-state index in [4.69, 9.17) is 35.7 Å². The van der Waals surface area contributed by atoms with E-state index in [9.17, 15) is 34.5 Å². The van der Waals surface area contributed by atoms with Crippen molar-refractivity contribution in [3.63, 3.8) is 0 Å². The van der Waals surface area contributed by atoms with Crippen molar-refractivity contribution in [1.29, 1.82) is 0 Å². The number of aliphatic hydroxyl groups excluding tert-OH is 5. The summed E-state index contributed by atoms with van der Waals surface area (Å²) in [4.78, 5) is 46.8. The van der Waals surface area contributed by atoms with Crippen molar-refractivity contribution in [3.8, 4) is 5.75 Å². The Bertz CT molecular complexity index is 939. The Hall–Kier alpha value is -2.90. The first-order chi connectivity index (χ1) is 19.1. The number of aromatic hydroxyl groups is 1. The van der Waals surface area contributed by atoms with Gasteiger partial charge in [-0.25, -0.2) is 0 Å². The van der Waals surface area contributed by atoms with Crippen molar-refractivity contribution in [2.75, 3.05) is 52.9 Å². The smallest absolute Gasteiger partial charge is 0.508 e. The van der Waals surface area contributed by atoms with Crippen LogP contribution < -0.4 is 5.32 Å². The van der Waals surface area contributed by atoms with E-state index in [1.54, 1.807) is 7.05 Å². The Kier molecular flexibility index (Phi) is 21.4. The van der Waals surface area contributed by atoms with E-state index in [1.165, 1.54) is 24.3 Å². The van der Waals surface area contributed by atoms with Crippen LogP contribution in [0.15, 0.2) is 24.3 Å². The minimum absolute atomic E-state index is 0. The molecule has 0 aromatic heterocycles. The number of likely N-dealkylation sites (N-methyl/N-ethyl adjacent to an activating group) is 1. The van der Waals surface area contributed by atoms with Crippen molar-refractivity contribution >= 4 is 23.9 Å². The summed E-state index contributed by atoms with van der Waals surface area (Å²) >= 11 is 0. The summed E-state index contributed by atoms with van der Waals surface area (Å²) in [7, 11) is 1.57. The summed E-state index contributed by atoms with van der Waals surface area (Å²) in [6.45, 7) is -2.66. The van der Waals surface area contributed by atoms with E-state index < -0.39 is 80.6 Å². The molecule has 1 aromatic rings. The van der Waals surface area contributed by atoms with Crippen LogP contribution >= 0.6 is 0 Å². The molecule has 0 bridgehead atoms. The second-order valence-electron chi connectivity index (χ2n) is 8.94. The number of hydrogen-bond donors (Lipinski definition) is 11. The third-order valence-electron chi connectivity index (χ3n) is 5.59. The standard InChI is InChI=1S/C17H22N2O9.C7H17NO5.Mn/c20-12-3-1-11(2-4-12)7-13(17(27)28)19(10-16(25)26)6-5-18(8-14(21)22)9-15(23)24;1-8-2-4(10)6(12)7(13)5(11)3-9;/h1-4,13,20H,5-10H2,(H,21,22)(H,23,24)(H,25,26)(H,27,28);4-13H,2-3H2,1H3;/q;;+2/t;4-,5+,6+,7+;/m.0./s1. The molecule has 0 aliphatic heterocycles. The molecule has 17 nitrogen and oxygen atoms in total. The molecule has 0 heterocycles. The molecule has 5 atom stereocenters. The number of phenolic OH excluding ortho intramolecular Hbond substituents is 1. The monoisotopic (exact) mass is 648 g/mol. The zero-order valence-corrected chi connectivity index (χ0v) is 23.9. The number of aliphatic carboxylic acids is 4. The number of hydrogen-bond acceptors (Lipinski definition) is 13. The van der Waals surface area contributed by atoms with Crippen LogP contribution in [0.5, 0.6) is 5.75 Å². The normalized spacial score (nSPS) is 14.5. The van der Waals surface area contributed by atoms with Gasteiger partial charge in [-0.3, -0.25) is 29.0 Å². The fourth-order valence-corrected chi connectivity index (χ4v) is 3.51. The van der Waals surface area contributed by atoms with Crippen LogP contribution in [-0.2, 0) is 42.7 Å². The van der Waals surface area contributed by atoms with Gasteiger partial charge in [-0.1, -0.05) is 12.1 Å². The van der Waals surface area contributed by atoms with Crippen molar-refractivity contribution in [2.45, 2.75) is 36.9 Å². The second kappa shape index (κ2) is 21.8. The van der Waals surface area contributed by atoms with Crippen LogP contribution in [-0.4, -0.2) is 168 Å². The molecule has 0 amide bonds. The third-order valence-corrected chi connectivity index (χ3v) is 5.59. The van der Waals surface area contributed by atoms with Crippen LogP contribution in [0.1, 0.15) is 5.56 Å². The van der Waals surface area contributed by atoms with E-state index in [0.29, 0.717) is 5.56 Å². The van der Waals surface area contributed by atoms with Gasteiger partial charge in [-0.05, 0) is 31.2 Å². The minimum Gasteiger partial charge on any atom is -0.508 e. The summed E-state index contributed by atoms with van der Waals surface area (Å²) in [5, 5.41) is 93.2. The van der Waals surface area contributed by atoms with Gasteiger partial charge in [-0.15, -0.1) is 0 Å².